The average molecular weight is 202 g/mol. The summed E-state index contributed by atoms with van der Waals surface area (Å²) in [7, 11) is 0. The molecule has 0 heteroatoms. The van der Waals surface area contributed by atoms with Gasteiger partial charge in [-0.2, -0.15) is 0 Å². The highest BCUT2D eigenvalue weighted by molar-refractivity contribution is 5.39. The minimum Gasteiger partial charge on any atom is -0.0809 e. The molecule has 0 aromatic carbocycles. The lowest BCUT2D eigenvalue weighted by atomic mass is 9.86. The van der Waals surface area contributed by atoms with Crippen molar-refractivity contribution in [2.75, 3.05) is 0 Å². The average Bonchev–Trinajstić information content (AvgIpc) is 2.55. The molecule has 0 radical (unpaired) electrons. The Hall–Kier alpha value is -0.520. The van der Waals surface area contributed by atoms with Gasteiger partial charge in [0.05, 0.1) is 0 Å². The van der Waals surface area contributed by atoms with Crippen LogP contribution in [0.25, 0.3) is 0 Å². The van der Waals surface area contributed by atoms with Crippen molar-refractivity contribution in [3.8, 4) is 0 Å². The first-order chi connectivity index (χ1) is 7.03. The third kappa shape index (κ3) is 1.14. The summed E-state index contributed by atoms with van der Waals surface area (Å²) < 4.78 is 0. The Bertz CT molecular complexity index is 367. The highest BCUT2D eigenvalue weighted by Crippen LogP contribution is 2.68. The molecule has 0 N–H and O–H groups in total. The van der Waals surface area contributed by atoms with Gasteiger partial charge < -0.3 is 0 Å². The fourth-order valence-corrected chi connectivity index (χ4v) is 4.27. The van der Waals surface area contributed by atoms with Crippen LogP contribution in [0.3, 0.4) is 0 Å². The largest absolute Gasteiger partial charge is 0.0809 e. The third-order valence-electron chi connectivity index (χ3n) is 5.39. The van der Waals surface area contributed by atoms with E-state index in [-0.39, 0.29) is 0 Å². The van der Waals surface area contributed by atoms with Gasteiger partial charge in [-0.3, -0.25) is 0 Å². The van der Waals surface area contributed by atoms with Crippen molar-refractivity contribution in [3.05, 3.63) is 22.8 Å². The topological polar surface area (TPSA) is 0 Å². The first-order valence-corrected chi connectivity index (χ1v) is 6.38. The molecule has 82 valence electrons. The summed E-state index contributed by atoms with van der Waals surface area (Å²) in [5.41, 5.74) is 5.77. The molecule has 0 saturated heterocycles. The summed E-state index contributed by atoms with van der Waals surface area (Å²) in [5, 5.41) is 0. The Kier molecular flexibility index (Phi) is 1.80. The van der Waals surface area contributed by atoms with E-state index in [0.717, 1.165) is 17.8 Å². The minimum absolute atomic E-state index is 0.621. The predicted octanol–water partition coefficient (Wildman–Crippen LogP) is 4.34. The lowest BCUT2D eigenvalue weighted by Gasteiger charge is -2.19. The van der Waals surface area contributed by atoms with Crippen molar-refractivity contribution in [2.24, 2.45) is 23.2 Å². The van der Waals surface area contributed by atoms with Gasteiger partial charge in [0.2, 0.25) is 0 Å². The van der Waals surface area contributed by atoms with E-state index in [0.29, 0.717) is 5.41 Å². The molecule has 0 aliphatic heterocycles. The monoisotopic (exact) mass is 202 g/mol. The van der Waals surface area contributed by atoms with E-state index < -0.39 is 0 Å². The van der Waals surface area contributed by atoms with Crippen LogP contribution in [-0.2, 0) is 0 Å². The Morgan fingerprint density at radius 1 is 1.27 bits per heavy atom. The zero-order valence-electron chi connectivity index (χ0n) is 10.4. The first kappa shape index (κ1) is 9.69. The van der Waals surface area contributed by atoms with Crippen LogP contribution in [-0.4, -0.2) is 0 Å². The van der Waals surface area contributed by atoms with Gasteiger partial charge in [0.25, 0.3) is 0 Å². The fourth-order valence-electron chi connectivity index (χ4n) is 4.27. The van der Waals surface area contributed by atoms with E-state index in [1.807, 2.05) is 0 Å². The summed E-state index contributed by atoms with van der Waals surface area (Å²) in [6.45, 7) is 9.67. The van der Waals surface area contributed by atoms with Crippen molar-refractivity contribution in [2.45, 2.75) is 47.0 Å². The second kappa shape index (κ2) is 2.78. The van der Waals surface area contributed by atoms with Crippen molar-refractivity contribution >= 4 is 0 Å². The highest BCUT2D eigenvalue weighted by Gasteiger charge is 2.62. The number of hydrogen-bond donors (Lipinski definition) is 0. The zero-order chi connectivity index (χ0) is 10.8. The number of fused-ring (bicyclic) bond motifs is 3. The third-order valence-corrected chi connectivity index (χ3v) is 5.39. The van der Waals surface area contributed by atoms with E-state index >= 15 is 0 Å². The molecule has 3 aliphatic carbocycles. The molecular weight excluding hydrogens is 180 g/mol. The molecule has 0 bridgehead atoms. The van der Waals surface area contributed by atoms with Gasteiger partial charge in [-0.1, -0.05) is 36.6 Å². The standard InChI is InChI=1S/C15H22/c1-9-6-8-12-14(15(12,3)4)13-10(2)5-7-11(9)13/h5,12-14H,6-8H2,1-4H3/t12-,13?,14-/m1/s1. The van der Waals surface area contributed by atoms with Crippen molar-refractivity contribution < 1.29 is 0 Å². The normalized spacial score (nSPS) is 41.9. The number of rotatable bonds is 0. The minimum atomic E-state index is 0.621. The molecule has 0 aromatic heterocycles. The number of allylic oxidation sites excluding steroid dienone is 4. The molecule has 0 amide bonds. The summed E-state index contributed by atoms with van der Waals surface area (Å²) in [5.74, 6) is 2.78. The fraction of sp³-hybridized carbons (Fsp3) is 0.733. The Morgan fingerprint density at radius 3 is 2.73 bits per heavy atom. The van der Waals surface area contributed by atoms with Crippen LogP contribution < -0.4 is 0 Å². The second-order valence-corrected chi connectivity index (χ2v) is 6.43. The van der Waals surface area contributed by atoms with E-state index in [1.54, 1.807) is 16.7 Å². The molecule has 1 saturated carbocycles. The molecular formula is C15H22. The molecule has 3 rings (SSSR count). The molecule has 0 heterocycles. The van der Waals surface area contributed by atoms with Crippen LogP contribution in [0.1, 0.15) is 47.0 Å². The Morgan fingerprint density at radius 2 is 2.00 bits per heavy atom. The SMILES string of the molecule is CC1=CCC2=C(C)CC[C@@H]3[C@H](C12)C3(C)C. The molecule has 3 aliphatic rings. The van der Waals surface area contributed by atoms with E-state index in [9.17, 15) is 0 Å². The van der Waals surface area contributed by atoms with Gasteiger partial charge in [-0.15, -0.1) is 0 Å². The van der Waals surface area contributed by atoms with Gasteiger partial charge in [-0.05, 0) is 50.4 Å². The van der Waals surface area contributed by atoms with Crippen LogP contribution in [0.4, 0.5) is 0 Å². The van der Waals surface area contributed by atoms with Gasteiger partial charge in [0.1, 0.15) is 0 Å². The Labute approximate surface area is 93.5 Å². The van der Waals surface area contributed by atoms with Crippen LogP contribution in [0.15, 0.2) is 22.8 Å². The molecule has 15 heavy (non-hydrogen) atoms. The Balaban J connectivity index is 2.03. The highest BCUT2D eigenvalue weighted by atomic mass is 14.7. The van der Waals surface area contributed by atoms with Crippen LogP contribution >= 0.6 is 0 Å². The van der Waals surface area contributed by atoms with E-state index in [4.69, 9.17) is 0 Å². The van der Waals surface area contributed by atoms with Gasteiger partial charge in [-0.25, -0.2) is 0 Å². The smallest absolute Gasteiger partial charge is 0.00463 e. The maximum Gasteiger partial charge on any atom is 0.00463 e. The molecule has 3 atom stereocenters. The van der Waals surface area contributed by atoms with Crippen LogP contribution in [0, 0.1) is 23.2 Å². The summed E-state index contributed by atoms with van der Waals surface area (Å²) in [6, 6.07) is 0. The molecule has 0 spiro atoms. The van der Waals surface area contributed by atoms with Gasteiger partial charge >= 0.3 is 0 Å². The molecule has 1 fully saturated rings. The molecule has 0 nitrogen and oxygen atoms in total. The predicted molar refractivity (Wildman–Crippen MR) is 64.6 cm³/mol. The maximum absolute atomic E-state index is 2.48. The van der Waals surface area contributed by atoms with E-state index in [2.05, 4.69) is 33.8 Å². The van der Waals surface area contributed by atoms with Crippen molar-refractivity contribution in [1.82, 2.24) is 0 Å². The lowest BCUT2D eigenvalue weighted by Crippen LogP contribution is -2.09. The van der Waals surface area contributed by atoms with E-state index in [1.165, 1.54) is 19.3 Å². The maximum atomic E-state index is 2.48. The second-order valence-electron chi connectivity index (χ2n) is 6.43. The quantitative estimate of drug-likeness (QED) is 0.513. The zero-order valence-corrected chi connectivity index (χ0v) is 10.4. The summed E-state index contributed by atoms with van der Waals surface area (Å²) in [4.78, 5) is 0. The van der Waals surface area contributed by atoms with Crippen LogP contribution in [0.2, 0.25) is 0 Å². The first-order valence-electron chi connectivity index (χ1n) is 6.38. The van der Waals surface area contributed by atoms with Crippen molar-refractivity contribution in [1.29, 1.82) is 0 Å². The van der Waals surface area contributed by atoms with Crippen LogP contribution in [0.5, 0.6) is 0 Å². The van der Waals surface area contributed by atoms with Gasteiger partial charge in [0.15, 0.2) is 0 Å². The number of hydrogen-bond acceptors (Lipinski definition) is 0. The van der Waals surface area contributed by atoms with Gasteiger partial charge in [0, 0.05) is 5.92 Å². The van der Waals surface area contributed by atoms with Crippen molar-refractivity contribution in [3.63, 3.8) is 0 Å². The lowest BCUT2D eigenvalue weighted by molar-refractivity contribution is 0.479. The molecule has 0 aromatic rings. The summed E-state index contributed by atoms with van der Waals surface area (Å²) >= 11 is 0. The summed E-state index contributed by atoms with van der Waals surface area (Å²) in [6.07, 6.45) is 6.52. The molecule has 1 unspecified atom stereocenters.